The normalized spacial score (nSPS) is 20.6. The van der Waals surface area contributed by atoms with Gasteiger partial charge >= 0.3 is 0 Å². The molecule has 1 aliphatic rings. The second kappa shape index (κ2) is 7.41. The number of nitrogens with zero attached hydrogens (tertiary/aromatic N) is 3. The first-order chi connectivity index (χ1) is 11.9. The fraction of sp³-hybridized carbons (Fsp3) is 0.588. The van der Waals surface area contributed by atoms with Gasteiger partial charge in [-0.3, -0.25) is 4.90 Å². The zero-order chi connectivity index (χ0) is 18.0. The largest absolute Gasteiger partial charge is 0.396 e. The van der Waals surface area contributed by atoms with Gasteiger partial charge in [-0.25, -0.2) is 13.4 Å². The summed E-state index contributed by atoms with van der Waals surface area (Å²) in [6.45, 7) is 6.85. The second-order valence-corrected chi connectivity index (χ2v) is 8.94. The predicted molar refractivity (Wildman–Crippen MR) is 96.8 cm³/mol. The van der Waals surface area contributed by atoms with Crippen molar-refractivity contribution in [2.24, 2.45) is 5.92 Å². The Balaban J connectivity index is 1.82. The summed E-state index contributed by atoms with van der Waals surface area (Å²) in [5.41, 5.74) is 1.46. The molecule has 8 heteroatoms. The van der Waals surface area contributed by atoms with Crippen molar-refractivity contribution in [3.8, 4) is 0 Å². The summed E-state index contributed by atoms with van der Waals surface area (Å²) in [6.07, 6.45) is 2.14. The minimum atomic E-state index is -3.56. The van der Waals surface area contributed by atoms with Crippen molar-refractivity contribution >= 4 is 21.1 Å². The molecule has 1 aromatic carbocycles. The summed E-state index contributed by atoms with van der Waals surface area (Å²) in [6, 6.07) is 5.02. The van der Waals surface area contributed by atoms with Crippen LogP contribution >= 0.6 is 0 Å². The third kappa shape index (κ3) is 3.87. The highest BCUT2D eigenvalue weighted by atomic mass is 32.2. The van der Waals surface area contributed by atoms with E-state index in [9.17, 15) is 13.5 Å². The third-order valence-corrected chi connectivity index (χ3v) is 6.52. The van der Waals surface area contributed by atoms with Gasteiger partial charge in [-0.15, -0.1) is 0 Å². The van der Waals surface area contributed by atoms with Crippen LogP contribution < -0.4 is 0 Å². The van der Waals surface area contributed by atoms with Gasteiger partial charge in [0.05, 0.1) is 22.3 Å². The fourth-order valence-corrected chi connectivity index (χ4v) is 4.93. The predicted octanol–water partition coefficient (Wildman–Crippen LogP) is 1.28. The average molecular weight is 366 g/mol. The van der Waals surface area contributed by atoms with Crippen LogP contribution in [0.5, 0.6) is 0 Å². The van der Waals surface area contributed by atoms with Crippen LogP contribution in [0.15, 0.2) is 29.4 Å². The average Bonchev–Trinajstić information content (AvgIpc) is 3.03. The van der Waals surface area contributed by atoms with E-state index in [0.29, 0.717) is 37.5 Å². The lowest BCUT2D eigenvalue weighted by atomic mass is 10.1. The van der Waals surface area contributed by atoms with Gasteiger partial charge in [-0.2, -0.15) is 4.31 Å². The Kier molecular flexibility index (Phi) is 5.43. The molecular formula is C17H26N4O3S. The zero-order valence-electron chi connectivity index (χ0n) is 14.7. The van der Waals surface area contributed by atoms with E-state index in [0.717, 1.165) is 12.1 Å². The van der Waals surface area contributed by atoms with Gasteiger partial charge in [0.15, 0.2) is 0 Å². The molecule has 7 nitrogen and oxygen atoms in total. The van der Waals surface area contributed by atoms with E-state index in [2.05, 4.69) is 28.7 Å². The van der Waals surface area contributed by atoms with E-state index in [4.69, 9.17) is 0 Å². The molecular weight excluding hydrogens is 340 g/mol. The number of hydrogen-bond donors (Lipinski definition) is 2. The molecule has 1 aromatic heterocycles. The lowest BCUT2D eigenvalue weighted by molar-refractivity contribution is 0.0853. The molecule has 0 radical (unpaired) electrons. The molecule has 1 aliphatic heterocycles. The maximum absolute atomic E-state index is 13.0. The molecule has 0 spiro atoms. The maximum atomic E-state index is 13.0. The van der Waals surface area contributed by atoms with Gasteiger partial charge in [-0.05, 0) is 30.5 Å². The molecule has 0 saturated carbocycles. The number of aromatic nitrogens is 2. The van der Waals surface area contributed by atoms with Crippen molar-refractivity contribution in [2.75, 3.05) is 32.8 Å². The number of sulfonamides is 1. The minimum Gasteiger partial charge on any atom is -0.396 e. The summed E-state index contributed by atoms with van der Waals surface area (Å²) >= 11 is 0. The molecule has 2 heterocycles. The molecule has 25 heavy (non-hydrogen) atoms. The Morgan fingerprint density at radius 3 is 2.88 bits per heavy atom. The lowest BCUT2D eigenvalue weighted by Gasteiger charge is -2.41. The first-order valence-corrected chi connectivity index (χ1v) is 10.1. The van der Waals surface area contributed by atoms with Crippen molar-refractivity contribution in [1.82, 2.24) is 19.2 Å². The van der Waals surface area contributed by atoms with Crippen LogP contribution in [0.25, 0.3) is 11.0 Å². The molecule has 2 N–H and O–H groups in total. The van der Waals surface area contributed by atoms with Gasteiger partial charge in [0, 0.05) is 38.8 Å². The van der Waals surface area contributed by atoms with Gasteiger partial charge in [0.2, 0.25) is 10.0 Å². The van der Waals surface area contributed by atoms with Crippen LogP contribution in [0.4, 0.5) is 0 Å². The molecule has 3 rings (SSSR count). The Hall–Kier alpha value is -1.48. The van der Waals surface area contributed by atoms with Gasteiger partial charge in [-0.1, -0.05) is 13.8 Å². The first-order valence-electron chi connectivity index (χ1n) is 8.70. The molecule has 1 fully saturated rings. The summed E-state index contributed by atoms with van der Waals surface area (Å²) in [4.78, 5) is 9.67. The summed E-state index contributed by atoms with van der Waals surface area (Å²) < 4.78 is 27.6. The van der Waals surface area contributed by atoms with Crippen LogP contribution in [0.2, 0.25) is 0 Å². The maximum Gasteiger partial charge on any atom is 0.243 e. The smallest absolute Gasteiger partial charge is 0.243 e. The minimum absolute atomic E-state index is 0.0480. The van der Waals surface area contributed by atoms with E-state index in [1.54, 1.807) is 28.8 Å². The van der Waals surface area contributed by atoms with Gasteiger partial charge < -0.3 is 10.1 Å². The van der Waals surface area contributed by atoms with Crippen LogP contribution in [0, 0.1) is 5.92 Å². The van der Waals surface area contributed by atoms with E-state index in [1.165, 1.54) is 0 Å². The number of imidazole rings is 1. The Morgan fingerprint density at radius 1 is 1.36 bits per heavy atom. The molecule has 0 aliphatic carbocycles. The molecule has 0 bridgehead atoms. The highest BCUT2D eigenvalue weighted by molar-refractivity contribution is 7.89. The zero-order valence-corrected chi connectivity index (χ0v) is 15.5. The van der Waals surface area contributed by atoms with Crippen LogP contribution in [-0.4, -0.2) is 71.5 Å². The van der Waals surface area contributed by atoms with E-state index in [1.807, 2.05) is 0 Å². The van der Waals surface area contributed by atoms with Crippen molar-refractivity contribution in [3.05, 3.63) is 24.5 Å². The third-order valence-electron chi connectivity index (χ3n) is 4.66. The number of hydrogen-bond acceptors (Lipinski definition) is 5. The SMILES string of the molecule is CC(C)CN1CCN(S(=O)(=O)c2ccc3nc[nH]c3c2)CC1CCO. The monoisotopic (exact) mass is 366 g/mol. The Bertz CT molecular complexity index is 818. The van der Waals surface area contributed by atoms with Crippen molar-refractivity contribution in [1.29, 1.82) is 0 Å². The van der Waals surface area contributed by atoms with E-state index >= 15 is 0 Å². The van der Waals surface area contributed by atoms with Crippen LogP contribution in [0.1, 0.15) is 20.3 Å². The van der Waals surface area contributed by atoms with Gasteiger partial charge in [0.25, 0.3) is 0 Å². The van der Waals surface area contributed by atoms with Crippen LogP contribution in [-0.2, 0) is 10.0 Å². The van der Waals surface area contributed by atoms with Crippen molar-refractivity contribution in [2.45, 2.75) is 31.2 Å². The number of H-pyrrole nitrogens is 1. The molecule has 1 atom stereocenters. The number of piperazine rings is 1. The standard InChI is InChI=1S/C17H26N4O3S/c1-13(2)10-20-6-7-21(11-14(20)5-8-22)25(23,24)15-3-4-16-17(9-15)19-12-18-16/h3-4,9,12-14,22H,5-8,10-11H2,1-2H3,(H,18,19). The van der Waals surface area contributed by atoms with E-state index in [-0.39, 0.29) is 17.5 Å². The Morgan fingerprint density at radius 2 is 2.16 bits per heavy atom. The van der Waals surface area contributed by atoms with E-state index < -0.39 is 10.0 Å². The summed E-state index contributed by atoms with van der Waals surface area (Å²) in [5, 5.41) is 9.37. The number of aliphatic hydroxyl groups excluding tert-OH is 1. The highest BCUT2D eigenvalue weighted by Gasteiger charge is 2.34. The quantitative estimate of drug-likeness (QED) is 0.804. The lowest BCUT2D eigenvalue weighted by Crippen LogP contribution is -2.55. The molecule has 0 amide bonds. The molecule has 1 saturated heterocycles. The molecule has 138 valence electrons. The Labute approximate surface area is 148 Å². The first kappa shape index (κ1) is 18.3. The molecule has 2 aromatic rings. The topological polar surface area (TPSA) is 89.5 Å². The summed E-state index contributed by atoms with van der Waals surface area (Å²) in [5.74, 6) is 0.507. The number of fused-ring (bicyclic) bond motifs is 1. The number of aromatic amines is 1. The number of benzene rings is 1. The number of rotatable bonds is 6. The summed E-state index contributed by atoms with van der Waals surface area (Å²) in [7, 11) is -3.56. The second-order valence-electron chi connectivity index (χ2n) is 7.00. The highest BCUT2D eigenvalue weighted by Crippen LogP contribution is 2.24. The van der Waals surface area contributed by atoms with Crippen molar-refractivity contribution < 1.29 is 13.5 Å². The van der Waals surface area contributed by atoms with Crippen LogP contribution in [0.3, 0.4) is 0 Å². The van der Waals surface area contributed by atoms with Gasteiger partial charge in [0.1, 0.15) is 0 Å². The number of aliphatic hydroxyl groups is 1. The fourth-order valence-electron chi connectivity index (χ4n) is 3.44. The number of nitrogens with one attached hydrogen (secondary N) is 1. The molecule has 1 unspecified atom stereocenters. The van der Waals surface area contributed by atoms with Crippen molar-refractivity contribution in [3.63, 3.8) is 0 Å².